The van der Waals surface area contributed by atoms with E-state index >= 15 is 0 Å². The molecule has 0 amide bonds. The summed E-state index contributed by atoms with van der Waals surface area (Å²) in [5, 5.41) is 2.28. The largest absolute Gasteiger partial charge is 0.496 e. The average Bonchev–Trinajstić information content (AvgIpc) is 2.37. The van der Waals surface area contributed by atoms with E-state index in [1.165, 1.54) is 7.11 Å². The van der Waals surface area contributed by atoms with Gasteiger partial charge in [-0.2, -0.15) is 13.2 Å². The van der Waals surface area contributed by atoms with Gasteiger partial charge in [0.05, 0.1) is 7.11 Å². The first-order valence-electron chi connectivity index (χ1n) is 5.83. The van der Waals surface area contributed by atoms with Crippen molar-refractivity contribution in [1.29, 1.82) is 0 Å². The number of hydrogen-bond acceptors (Lipinski definition) is 4. The van der Waals surface area contributed by atoms with Crippen molar-refractivity contribution in [3.05, 3.63) is 40.8 Å². The predicted molar refractivity (Wildman–Crippen MR) is 73.1 cm³/mol. The lowest BCUT2D eigenvalue weighted by molar-refractivity contribution is -0.141. The minimum atomic E-state index is -4.58. The van der Waals surface area contributed by atoms with Gasteiger partial charge in [-0.25, -0.2) is 9.97 Å². The van der Waals surface area contributed by atoms with Crippen molar-refractivity contribution in [3.8, 4) is 5.75 Å². The normalized spacial score (nSPS) is 11.3. The number of alkyl halides is 3. The highest BCUT2D eigenvalue weighted by Gasteiger charge is 2.33. The Balaban J connectivity index is 2.31. The molecule has 0 fully saturated rings. The molecule has 1 aromatic heterocycles. The molecule has 0 aliphatic carbocycles. The molecule has 0 aliphatic heterocycles. The maximum atomic E-state index is 12.7. The molecule has 1 N–H and O–H groups in total. The van der Waals surface area contributed by atoms with Crippen molar-refractivity contribution >= 4 is 23.1 Å². The van der Waals surface area contributed by atoms with Crippen LogP contribution in [0.1, 0.15) is 11.3 Å². The van der Waals surface area contributed by atoms with E-state index in [2.05, 4.69) is 15.3 Å². The number of benzene rings is 1. The van der Waals surface area contributed by atoms with Gasteiger partial charge in [-0.15, -0.1) is 0 Å². The summed E-state index contributed by atoms with van der Waals surface area (Å²) in [6, 6.07) is 5.88. The third kappa shape index (κ3) is 3.75. The van der Waals surface area contributed by atoms with Crippen LogP contribution in [0.4, 0.5) is 24.7 Å². The number of rotatable bonds is 3. The lowest BCUT2D eigenvalue weighted by Crippen LogP contribution is -2.10. The number of anilines is 2. The van der Waals surface area contributed by atoms with Gasteiger partial charge in [-0.05, 0) is 42.3 Å². The minimum absolute atomic E-state index is 0.0353. The fourth-order valence-corrected chi connectivity index (χ4v) is 1.91. The summed E-state index contributed by atoms with van der Waals surface area (Å²) in [7, 11) is 1.54. The number of halogens is 4. The molecule has 0 saturated carbocycles. The number of nitrogens with zero attached hydrogens (tertiary/aromatic N) is 2. The van der Waals surface area contributed by atoms with Crippen LogP contribution in [-0.4, -0.2) is 17.1 Å². The van der Waals surface area contributed by atoms with E-state index in [1.807, 2.05) is 6.92 Å². The third-order valence-corrected chi connectivity index (χ3v) is 2.83. The van der Waals surface area contributed by atoms with E-state index < -0.39 is 17.2 Å². The molecular formula is C13H11ClF3N3O. The van der Waals surface area contributed by atoms with E-state index in [0.717, 1.165) is 11.6 Å². The Morgan fingerprint density at radius 3 is 2.48 bits per heavy atom. The molecule has 0 aliphatic rings. The molecule has 2 aromatic rings. The van der Waals surface area contributed by atoms with Crippen molar-refractivity contribution in [2.45, 2.75) is 13.1 Å². The first kappa shape index (κ1) is 15.4. The Bertz CT molecular complexity index is 662. The lowest BCUT2D eigenvalue weighted by atomic mass is 10.2. The zero-order valence-corrected chi connectivity index (χ0v) is 11.9. The summed E-state index contributed by atoms with van der Waals surface area (Å²) in [5.41, 5.74) is 0.296. The van der Waals surface area contributed by atoms with Crippen molar-refractivity contribution in [1.82, 2.24) is 9.97 Å². The third-order valence-electron chi connectivity index (χ3n) is 2.66. The van der Waals surface area contributed by atoms with Crippen LogP contribution < -0.4 is 10.1 Å². The van der Waals surface area contributed by atoms with Crippen molar-refractivity contribution in [2.24, 2.45) is 0 Å². The van der Waals surface area contributed by atoms with Gasteiger partial charge >= 0.3 is 6.18 Å². The van der Waals surface area contributed by atoms with Crippen molar-refractivity contribution < 1.29 is 17.9 Å². The van der Waals surface area contributed by atoms with Crippen LogP contribution in [0.3, 0.4) is 0 Å². The molecule has 1 heterocycles. The molecular weight excluding hydrogens is 307 g/mol. The Kier molecular flexibility index (Phi) is 4.22. The Morgan fingerprint density at radius 1 is 1.19 bits per heavy atom. The van der Waals surface area contributed by atoms with Gasteiger partial charge in [0.15, 0.2) is 5.69 Å². The van der Waals surface area contributed by atoms with Crippen molar-refractivity contribution in [3.63, 3.8) is 0 Å². The number of aryl methyl sites for hydroxylation is 1. The molecule has 0 bridgehead atoms. The second-order valence-electron chi connectivity index (χ2n) is 4.21. The molecule has 8 heteroatoms. The standard InChI is InChI=1S/C13H11ClF3N3O/c1-7-5-8(3-4-9(7)21-2)18-11-6-10(13(15,16)17)19-12(14)20-11/h3-6H,1-2H3,(H,18,19,20). The van der Waals surface area contributed by atoms with Crippen LogP contribution >= 0.6 is 11.6 Å². The summed E-state index contributed by atoms with van der Waals surface area (Å²) in [6.07, 6.45) is -4.58. The average molecular weight is 318 g/mol. The maximum absolute atomic E-state index is 12.7. The summed E-state index contributed by atoms with van der Waals surface area (Å²) < 4.78 is 43.1. The molecule has 4 nitrogen and oxygen atoms in total. The highest BCUT2D eigenvalue weighted by atomic mass is 35.5. The highest BCUT2D eigenvalue weighted by molar-refractivity contribution is 6.28. The number of nitrogens with one attached hydrogen (secondary N) is 1. The van der Waals surface area contributed by atoms with Crippen LogP contribution in [0.15, 0.2) is 24.3 Å². The van der Waals surface area contributed by atoms with E-state index in [-0.39, 0.29) is 5.82 Å². The van der Waals surface area contributed by atoms with Gasteiger partial charge in [0.25, 0.3) is 0 Å². The van der Waals surface area contributed by atoms with Crippen LogP contribution in [-0.2, 0) is 6.18 Å². The Hall–Kier alpha value is -2.02. The number of methoxy groups -OCH3 is 1. The molecule has 21 heavy (non-hydrogen) atoms. The molecule has 2 rings (SSSR count). The van der Waals surface area contributed by atoms with E-state index in [4.69, 9.17) is 16.3 Å². The van der Waals surface area contributed by atoms with Gasteiger partial charge in [0.1, 0.15) is 11.6 Å². The molecule has 0 radical (unpaired) electrons. The van der Waals surface area contributed by atoms with Gasteiger partial charge in [0.2, 0.25) is 5.28 Å². The summed E-state index contributed by atoms with van der Waals surface area (Å²) in [6.45, 7) is 1.82. The molecule has 1 aromatic carbocycles. The minimum Gasteiger partial charge on any atom is -0.496 e. The highest BCUT2D eigenvalue weighted by Crippen LogP contribution is 2.31. The van der Waals surface area contributed by atoms with Crippen LogP contribution in [0.5, 0.6) is 5.75 Å². The lowest BCUT2D eigenvalue weighted by Gasteiger charge is -2.11. The fourth-order valence-electron chi connectivity index (χ4n) is 1.73. The second kappa shape index (κ2) is 5.77. The molecule has 0 unspecified atom stereocenters. The van der Waals surface area contributed by atoms with Crippen molar-refractivity contribution in [2.75, 3.05) is 12.4 Å². The molecule has 0 spiro atoms. The SMILES string of the molecule is COc1ccc(Nc2cc(C(F)(F)F)nc(Cl)n2)cc1C. The smallest absolute Gasteiger partial charge is 0.433 e. The zero-order chi connectivity index (χ0) is 15.6. The van der Waals surface area contributed by atoms with Gasteiger partial charge in [-0.3, -0.25) is 0 Å². The van der Waals surface area contributed by atoms with Gasteiger partial charge in [-0.1, -0.05) is 0 Å². The van der Waals surface area contributed by atoms with Crippen LogP contribution in [0.25, 0.3) is 0 Å². The summed E-state index contributed by atoms with van der Waals surface area (Å²) in [4.78, 5) is 6.89. The second-order valence-corrected chi connectivity index (χ2v) is 4.55. The molecule has 112 valence electrons. The van der Waals surface area contributed by atoms with Crippen LogP contribution in [0.2, 0.25) is 5.28 Å². The number of hydrogen-bond donors (Lipinski definition) is 1. The monoisotopic (exact) mass is 317 g/mol. The quantitative estimate of drug-likeness (QED) is 0.861. The summed E-state index contributed by atoms with van der Waals surface area (Å²) in [5.74, 6) is 0.643. The number of aromatic nitrogens is 2. The Labute approximate surface area is 123 Å². The first-order chi connectivity index (χ1) is 9.79. The number of ether oxygens (including phenoxy) is 1. The predicted octanol–water partition coefficient (Wildman–Crippen LogP) is 4.21. The van der Waals surface area contributed by atoms with Gasteiger partial charge in [0, 0.05) is 11.8 Å². The topological polar surface area (TPSA) is 47.0 Å². The van der Waals surface area contributed by atoms with E-state index in [0.29, 0.717) is 11.4 Å². The zero-order valence-electron chi connectivity index (χ0n) is 11.1. The fraction of sp³-hybridized carbons (Fsp3) is 0.231. The van der Waals surface area contributed by atoms with E-state index in [1.54, 1.807) is 18.2 Å². The van der Waals surface area contributed by atoms with E-state index in [9.17, 15) is 13.2 Å². The maximum Gasteiger partial charge on any atom is 0.433 e. The van der Waals surface area contributed by atoms with Crippen LogP contribution in [0, 0.1) is 6.92 Å². The molecule has 0 saturated heterocycles. The first-order valence-corrected chi connectivity index (χ1v) is 6.21. The van der Waals surface area contributed by atoms with Gasteiger partial charge < -0.3 is 10.1 Å². The Morgan fingerprint density at radius 2 is 1.90 bits per heavy atom. The molecule has 0 atom stereocenters. The summed E-state index contributed by atoms with van der Waals surface area (Å²) >= 11 is 5.52.